The molecule has 2 aromatic heterocycles. The zero-order valence-corrected chi connectivity index (χ0v) is 10.5. The lowest BCUT2D eigenvalue weighted by Crippen LogP contribution is -2.02. The third-order valence-electron chi connectivity index (χ3n) is 2.93. The van der Waals surface area contributed by atoms with Crippen LogP contribution in [0.1, 0.15) is 24.1 Å². The molecule has 0 unspecified atom stereocenters. The number of aryl methyl sites for hydroxylation is 1. The number of rotatable bonds is 1. The van der Waals surface area contributed by atoms with E-state index < -0.39 is 0 Å². The lowest BCUT2D eigenvalue weighted by Gasteiger charge is -2.07. The highest BCUT2D eigenvalue weighted by molar-refractivity contribution is 6.30. The van der Waals surface area contributed by atoms with E-state index in [0.717, 1.165) is 24.1 Å². The minimum absolute atomic E-state index is 0.363. The van der Waals surface area contributed by atoms with Crippen molar-refractivity contribution in [2.45, 2.75) is 25.7 Å². The van der Waals surface area contributed by atoms with Crippen molar-refractivity contribution < 1.29 is 0 Å². The van der Waals surface area contributed by atoms with Crippen LogP contribution < -0.4 is 0 Å². The van der Waals surface area contributed by atoms with Gasteiger partial charge in [-0.25, -0.2) is 4.68 Å². The molecule has 17 heavy (non-hydrogen) atoms. The molecule has 0 spiro atoms. The molecule has 1 aliphatic carbocycles. The fourth-order valence-corrected chi connectivity index (χ4v) is 2.52. The molecule has 0 N–H and O–H groups in total. The molecule has 3 rings (SSSR count). The molecular formula is C11H10Cl2N4. The monoisotopic (exact) mass is 268 g/mol. The summed E-state index contributed by atoms with van der Waals surface area (Å²) in [6, 6.07) is 3.44. The minimum Gasteiger partial charge on any atom is -0.201 e. The van der Waals surface area contributed by atoms with Gasteiger partial charge in [0.1, 0.15) is 5.15 Å². The molecule has 88 valence electrons. The van der Waals surface area contributed by atoms with Crippen LogP contribution in [-0.4, -0.2) is 20.0 Å². The van der Waals surface area contributed by atoms with Gasteiger partial charge in [-0.2, -0.15) is 5.10 Å². The fraction of sp³-hybridized carbons (Fsp3) is 0.364. The van der Waals surface area contributed by atoms with Crippen molar-refractivity contribution in [3.63, 3.8) is 0 Å². The molecule has 0 saturated carbocycles. The predicted octanol–water partition coefficient (Wildman–Crippen LogP) is 2.85. The second-order valence-corrected chi connectivity index (χ2v) is 4.79. The summed E-state index contributed by atoms with van der Waals surface area (Å²) in [5, 5.41) is 13.3. The Labute approximate surface area is 109 Å². The SMILES string of the molecule is Clc1ccc(-n2nc3c(c2Cl)CCCC3)nn1. The number of hydrogen-bond donors (Lipinski definition) is 0. The van der Waals surface area contributed by atoms with Crippen molar-refractivity contribution >= 4 is 23.2 Å². The van der Waals surface area contributed by atoms with Crippen LogP contribution in [-0.2, 0) is 12.8 Å². The molecule has 2 heterocycles. The van der Waals surface area contributed by atoms with E-state index in [0.29, 0.717) is 16.1 Å². The third kappa shape index (κ3) is 1.91. The molecule has 0 amide bonds. The molecule has 0 radical (unpaired) electrons. The zero-order valence-electron chi connectivity index (χ0n) is 9.03. The Morgan fingerprint density at radius 3 is 2.59 bits per heavy atom. The third-order valence-corrected chi connectivity index (χ3v) is 3.52. The summed E-state index contributed by atoms with van der Waals surface area (Å²) in [7, 11) is 0. The van der Waals surface area contributed by atoms with Crippen LogP contribution in [0.4, 0.5) is 0 Å². The van der Waals surface area contributed by atoms with E-state index in [2.05, 4.69) is 15.3 Å². The zero-order chi connectivity index (χ0) is 11.8. The highest BCUT2D eigenvalue weighted by Crippen LogP contribution is 2.29. The van der Waals surface area contributed by atoms with Crippen LogP contribution in [0.2, 0.25) is 10.3 Å². The number of halogens is 2. The van der Waals surface area contributed by atoms with Gasteiger partial charge in [0.15, 0.2) is 11.0 Å². The van der Waals surface area contributed by atoms with Crippen LogP contribution in [0.3, 0.4) is 0 Å². The van der Waals surface area contributed by atoms with Gasteiger partial charge in [-0.05, 0) is 37.8 Å². The summed E-state index contributed by atoms with van der Waals surface area (Å²) in [5.41, 5.74) is 2.23. The average molecular weight is 269 g/mol. The summed E-state index contributed by atoms with van der Waals surface area (Å²) in [6.45, 7) is 0. The molecule has 0 saturated heterocycles. The normalized spacial score (nSPS) is 14.7. The van der Waals surface area contributed by atoms with E-state index in [1.54, 1.807) is 16.8 Å². The van der Waals surface area contributed by atoms with Gasteiger partial charge in [-0.1, -0.05) is 23.2 Å². The second kappa shape index (κ2) is 4.27. The maximum atomic E-state index is 6.32. The van der Waals surface area contributed by atoms with Crippen LogP contribution in [0.25, 0.3) is 5.82 Å². The van der Waals surface area contributed by atoms with Crippen molar-refractivity contribution in [1.29, 1.82) is 0 Å². The van der Waals surface area contributed by atoms with Crippen LogP contribution in [0.5, 0.6) is 0 Å². The molecule has 0 fully saturated rings. The Morgan fingerprint density at radius 2 is 1.88 bits per heavy atom. The van der Waals surface area contributed by atoms with Crippen LogP contribution >= 0.6 is 23.2 Å². The van der Waals surface area contributed by atoms with Gasteiger partial charge in [-0.3, -0.25) is 0 Å². The molecule has 0 atom stereocenters. The number of aromatic nitrogens is 4. The maximum absolute atomic E-state index is 6.32. The maximum Gasteiger partial charge on any atom is 0.177 e. The topological polar surface area (TPSA) is 43.6 Å². The first-order chi connectivity index (χ1) is 8.25. The largest absolute Gasteiger partial charge is 0.201 e. The second-order valence-electron chi connectivity index (χ2n) is 4.05. The standard InChI is InChI=1S/C11H10Cl2N4/c12-9-5-6-10(15-14-9)17-11(13)7-3-1-2-4-8(7)16-17/h5-6H,1-4H2. The minimum atomic E-state index is 0.363. The van der Waals surface area contributed by atoms with E-state index >= 15 is 0 Å². The van der Waals surface area contributed by atoms with Crippen LogP contribution in [0.15, 0.2) is 12.1 Å². The first kappa shape index (κ1) is 11.0. The van der Waals surface area contributed by atoms with E-state index in [1.807, 2.05) is 0 Å². The molecule has 6 heteroatoms. The quantitative estimate of drug-likeness (QED) is 0.799. The van der Waals surface area contributed by atoms with E-state index in [-0.39, 0.29) is 0 Å². The molecule has 2 aromatic rings. The number of nitrogens with zero attached hydrogens (tertiary/aromatic N) is 4. The van der Waals surface area contributed by atoms with Gasteiger partial charge in [0.25, 0.3) is 0 Å². The molecule has 0 aromatic carbocycles. The van der Waals surface area contributed by atoms with Gasteiger partial charge < -0.3 is 0 Å². The van der Waals surface area contributed by atoms with Crippen molar-refractivity contribution in [2.24, 2.45) is 0 Å². The van der Waals surface area contributed by atoms with Gasteiger partial charge in [0, 0.05) is 5.56 Å². The van der Waals surface area contributed by atoms with E-state index in [1.165, 1.54) is 12.8 Å². The Bertz CT molecular complexity index is 547. The molecule has 0 bridgehead atoms. The lowest BCUT2D eigenvalue weighted by atomic mass is 9.99. The van der Waals surface area contributed by atoms with Gasteiger partial charge >= 0.3 is 0 Å². The van der Waals surface area contributed by atoms with Crippen LogP contribution in [0, 0.1) is 0 Å². The fourth-order valence-electron chi connectivity index (χ4n) is 2.09. The predicted molar refractivity (Wildman–Crippen MR) is 65.8 cm³/mol. The summed E-state index contributed by atoms with van der Waals surface area (Å²) in [4.78, 5) is 0. The molecule has 4 nitrogen and oxygen atoms in total. The van der Waals surface area contributed by atoms with Crippen molar-refractivity contribution in [3.05, 3.63) is 33.7 Å². The van der Waals surface area contributed by atoms with E-state index in [9.17, 15) is 0 Å². The van der Waals surface area contributed by atoms with E-state index in [4.69, 9.17) is 23.2 Å². The Morgan fingerprint density at radius 1 is 1.06 bits per heavy atom. The smallest absolute Gasteiger partial charge is 0.177 e. The first-order valence-electron chi connectivity index (χ1n) is 5.51. The highest BCUT2D eigenvalue weighted by atomic mass is 35.5. The van der Waals surface area contributed by atoms with Gasteiger partial charge in [0.05, 0.1) is 5.69 Å². The molecule has 1 aliphatic rings. The summed E-state index contributed by atoms with van der Waals surface area (Å²) in [6.07, 6.45) is 4.33. The lowest BCUT2D eigenvalue weighted by molar-refractivity contribution is 0.670. The summed E-state index contributed by atoms with van der Waals surface area (Å²) < 4.78 is 1.64. The highest BCUT2D eigenvalue weighted by Gasteiger charge is 2.20. The average Bonchev–Trinajstić information content (AvgIpc) is 2.69. The Hall–Kier alpha value is -1.13. The Kier molecular flexibility index (Phi) is 2.76. The summed E-state index contributed by atoms with van der Waals surface area (Å²) in [5.74, 6) is 0.605. The van der Waals surface area contributed by atoms with Gasteiger partial charge in [0.2, 0.25) is 0 Å². The number of fused-ring (bicyclic) bond motifs is 1. The number of hydrogen-bond acceptors (Lipinski definition) is 3. The molecule has 0 aliphatic heterocycles. The van der Waals surface area contributed by atoms with Crippen molar-refractivity contribution in [3.8, 4) is 5.82 Å². The Balaban J connectivity index is 2.09. The molecular weight excluding hydrogens is 259 g/mol. The van der Waals surface area contributed by atoms with Crippen molar-refractivity contribution in [2.75, 3.05) is 0 Å². The first-order valence-corrected chi connectivity index (χ1v) is 6.27. The summed E-state index contributed by atoms with van der Waals surface area (Å²) >= 11 is 12.0. The van der Waals surface area contributed by atoms with Gasteiger partial charge in [-0.15, -0.1) is 10.2 Å². The van der Waals surface area contributed by atoms with Crippen molar-refractivity contribution in [1.82, 2.24) is 20.0 Å².